The lowest BCUT2D eigenvalue weighted by atomic mass is 9.43. The van der Waals surface area contributed by atoms with E-state index in [9.17, 15) is 0 Å². The Morgan fingerprint density at radius 2 is 2.06 bits per heavy atom. The van der Waals surface area contributed by atoms with Gasteiger partial charge in [0.2, 0.25) is 0 Å². The molecule has 4 aliphatic rings. The first-order valence-corrected chi connectivity index (χ1v) is 8.00. The maximum atomic E-state index is 6.30. The summed E-state index contributed by atoms with van der Waals surface area (Å²) in [4.78, 5) is 0. The summed E-state index contributed by atoms with van der Waals surface area (Å²) in [6.07, 6.45) is 5.04. The molecule has 3 saturated carbocycles. The highest BCUT2D eigenvalue weighted by molar-refractivity contribution is 9.09. The molecule has 4 rings (SSSR count). The Morgan fingerprint density at radius 1 is 1.29 bits per heavy atom. The van der Waals surface area contributed by atoms with Crippen molar-refractivity contribution in [2.24, 2.45) is 17.3 Å². The van der Waals surface area contributed by atoms with Gasteiger partial charge in [0.1, 0.15) is 0 Å². The molecule has 4 unspecified atom stereocenters. The standard InChI is InChI=1S/C13H22BBrO2/c1-12(2)9-7-10(12)13(3)11(8-9)16-14(17-13)5-4-6-15/h9-11H,4-8H2,1-3H3. The molecule has 1 heterocycles. The van der Waals surface area contributed by atoms with Crippen LogP contribution >= 0.6 is 15.9 Å². The summed E-state index contributed by atoms with van der Waals surface area (Å²) in [5.74, 6) is 1.54. The van der Waals surface area contributed by atoms with E-state index in [1.165, 1.54) is 12.8 Å². The molecule has 2 bridgehead atoms. The first-order chi connectivity index (χ1) is 7.98. The normalized spacial score (nSPS) is 46.6. The van der Waals surface area contributed by atoms with Crippen molar-refractivity contribution >= 4 is 23.0 Å². The molecule has 0 aromatic rings. The van der Waals surface area contributed by atoms with Crippen LogP contribution in [0.1, 0.15) is 40.0 Å². The van der Waals surface area contributed by atoms with Crippen LogP contribution in [0.5, 0.6) is 0 Å². The van der Waals surface area contributed by atoms with E-state index in [2.05, 4.69) is 36.7 Å². The molecule has 0 amide bonds. The second-order valence-corrected chi connectivity index (χ2v) is 7.52. The molecule has 4 atom stereocenters. The van der Waals surface area contributed by atoms with Crippen molar-refractivity contribution in [3.05, 3.63) is 0 Å². The molecule has 0 aromatic carbocycles. The third kappa shape index (κ3) is 1.67. The second-order valence-electron chi connectivity index (χ2n) is 6.73. The smallest absolute Gasteiger partial charge is 0.405 e. The van der Waals surface area contributed by atoms with Gasteiger partial charge >= 0.3 is 7.12 Å². The molecule has 96 valence electrons. The molecule has 1 aliphatic heterocycles. The third-order valence-electron chi connectivity index (χ3n) is 5.58. The van der Waals surface area contributed by atoms with Gasteiger partial charge in [0, 0.05) is 5.33 Å². The average molecular weight is 301 g/mol. The fraction of sp³-hybridized carbons (Fsp3) is 1.00. The topological polar surface area (TPSA) is 18.5 Å². The number of halogens is 1. The van der Waals surface area contributed by atoms with Gasteiger partial charge in [-0.05, 0) is 49.8 Å². The van der Waals surface area contributed by atoms with Gasteiger partial charge < -0.3 is 9.31 Å². The maximum absolute atomic E-state index is 6.30. The molecular formula is C13H22BBrO2. The quantitative estimate of drug-likeness (QED) is 0.587. The monoisotopic (exact) mass is 300 g/mol. The van der Waals surface area contributed by atoms with E-state index < -0.39 is 0 Å². The summed E-state index contributed by atoms with van der Waals surface area (Å²) >= 11 is 3.47. The largest absolute Gasteiger partial charge is 0.457 e. The van der Waals surface area contributed by atoms with Gasteiger partial charge in [-0.1, -0.05) is 29.8 Å². The van der Waals surface area contributed by atoms with Crippen LogP contribution in [0.4, 0.5) is 0 Å². The van der Waals surface area contributed by atoms with Gasteiger partial charge in [-0.15, -0.1) is 0 Å². The molecule has 0 N–H and O–H groups in total. The predicted molar refractivity (Wildman–Crippen MR) is 73.3 cm³/mol. The van der Waals surface area contributed by atoms with Crippen molar-refractivity contribution in [3.63, 3.8) is 0 Å². The first-order valence-electron chi connectivity index (χ1n) is 6.87. The summed E-state index contributed by atoms with van der Waals surface area (Å²) < 4.78 is 12.4. The van der Waals surface area contributed by atoms with Crippen LogP contribution in [-0.2, 0) is 9.31 Å². The van der Waals surface area contributed by atoms with Gasteiger partial charge in [0.15, 0.2) is 0 Å². The lowest BCUT2D eigenvalue weighted by molar-refractivity contribution is -0.199. The summed E-state index contributed by atoms with van der Waals surface area (Å²) in [5.41, 5.74) is 0.439. The molecule has 0 radical (unpaired) electrons. The lowest BCUT2D eigenvalue weighted by Crippen LogP contribution is -2.65. The molecule has 0 aromatic heterocycles. The molecule has 2 nitrogen and oxygen atoms in total. The van der Waals surface area contributed by atoms with Crippen molar-refractivity contribution in [2.45, 2.75) is 58.1 Å². The van der Waals surface area contributed by atoms with Crippen molar-refractivity contribution in [3.8, 4) is 0 Å². The van der Waals surface area contributed by atoms with Crippen LogP contribution in [0.3, 0.4) is 0 Å². The van der Waals surface area contributed by atoms with E-state index in [1.54, 1.807) is 0 Å². The van der Waals surface area contributed by atoms with E-state index in [4.69, 9.17) is 9.31 Å². The zero-order chi connectivity index (χ0) is 12.3. The Bertz CT molecular complexity index is 323. The van der Waals surface area contributed by atoms with Gasteiger partial charge in [-0.3, -0.25) is 0 Å². The number of hydrogen-bond donors (Lipinski definition) is 0. The summed E-state index contributed by atoms with van der Waals surface area (Å²) in [6.45, 7) is 7.10. The van der Waals surface area contributed by atoms with Crippen LogP contribution in [0, 0.1) is 17.3 Å². The Kier molecular flexibility index (Phi) is 2.92. The first kappa shape index (κ1) is 12.5. The minimum Gasteiger partial charge on any atom is -0.405 e. The number of hydrogen-bond acceptors (Lipinski definition) is 2. The van der Waals surface area contributed by atoms with Crippen LogP contribution in [-0.4, -0.2) is 24.2 Å². The van der Waals surface area contributed by atoms with Crippen LogP contribution in [0.15, 0.2) is 0 Å². The van der Waals surface area contributed by atoms with Gasteiger partial charge in [0.25, 0.3) is 0 Å². The van der Waals surface area contributed by atoms with Crippen LogP contribution in [0.25, 0.3) is 0 Å². The molecular weight excluding hydrogens is 279 g/mol. The number of rotatable bonds is 3. The van der Waals surface area contributed by atoms with E-state index in [0.717, 1.165) is 24.0 Å². The van der Waals surface area contributed by atoms with E-state index in [0.29, 0.717) is 17.4 Å². The minimum absolute atomic E-state index is 0.0186. The maximum Gasteiger partial charge on any atom is 0.457 e. The summed E-state index contributed by atoms with van der Waals surface area (Å²) in [7, 11) is 0.0395. The van der Waals surface area contributed by atoms with Gasteiger partial charge in [-0.25, -0.2) is 0 Å². The summed E-state index contributed by atoms with van der Waals surface area (Å²) in [5, 5.41) is 1.04. The van der Waals surface area contributed by atoms with E-state index in [-0.39, 0.29) is 12.7 Å². The zero-order valence-corrected chi connectivity index (χ0v) is 12.6. The summed E-state index contributed by atoms with van der Waals surface area (Å²) in [6, 6.07) is 0. The minimum atomic E-state index is -0.0186. The third-order valence-corrected chi connectivity index (χ3v) is 6.14. The fourth-order valence-corrected chi connectivity index (χ4v) is 4.64. The number of alkyl halides is 1. The molecule has 4 heteroatoms. The molecule has 1 saturated heterocycles. The van der Waals surface area contributed by atoms with E-state index in [1.807, 2.05) is 0 Å². The predicted octanol–water partition coefficient (Wildman–Crippen LogP) is 3.50. The highest BCUT2D eigenvalue weighted by Gasteiger charge is 2.67. The van der Waals surface area contributed by atoms with Crippen molar-refractivity contribution in [1.82, 2.24) is 0 Å². The lowest BCUT2D eigenvalue weighted by Gasteiger charge is -2.64. The highest BCUT2D eigenvalue weighted by atomic mass is 79.9. The van der Waals surface area contributed by atoms with Crippen LogP contribution < -0.4 is 0 Å². The fourth-order valence-electron chi connectivity index (χ4n) is 4.32. The Hall–Kier alpha value is 0.465. The molecule has 0 spiro atoms. The van der Waals surface area contributed by atoms with Gasteiger partial charge in [-0.2, -0.15) is 0 Å². The molecule has 3 aliphatic carbocycles. The SMILES string of the molecule is CC1(C)C2CC3OB(CCCBr)OC3(C)C1C2. The van der Waals surface area contributed by atoms with Crippen molar-refractivity contribution < 1.29 is 9.31 Å². The van der Waals surface area contributed by atoms with E-state index >= 15 is 0 Å². The van der Waals surface area contributed by atoms with Crippen LogP contribution in [0.2, 0.25) is 6.32 Å². The zero-order valence-electron chi connectivity index (χ0n) is 11.0. The Morgan fingerprint density at radius 3 is 2.71 bits per heavy atom. The molecule has 4 fully saturated rings. The Balaban J connectivity index is 1.73. The van der Waals surface area contributed by atoms with Crippen molar-refractivity contribution in [2.75, 3.05) is 5.33 Å². The molecule has 17 heavy (non-hydrogen) atoms. The highest BCUT2D eigenvalue weighted by Crippen LogP contribution is 2.65. The van der Waals surface area contributed by atoms with Gasteiger partial charge in [0.05, 0.1) is 11.7 Å². The second kappa shape index (κ2) is 3.98. The average Bonchev–Trinajstić information content (AvgIpc) is 2.61. The van der Waals surface area contributed by atoms with Crippen molar-refractivity contribution in [1.29, 1.82) is 0 Å². The Labute approximate surface area is 113 Å².